The molecule has 1 N–H and O–H groups in total. The number of benzene rings is 1. The molecule has 0 bridgehead atoms. The number of likely N-dealkylation sites (tertiary alicyclic amines) is 1. The SMILES string of the molecule is CC(C)(C)OC(=O)N1CCCCC1c1cc(-c2ccccc2)nc2cc(C(=O)NCCCn3ccnc3)nn12. The van der Waals surface area contributed by atoms with Crippen molar-refractivity contribution in [3.8, 4) is 11.3 Å². The van der Waals surface area contributed by atoms with Crippen LogP contribution in [0.5, 0.6) is 0 Å². The van der Waals surface area contributed by atoms with Crippen molar-refractivity contribution < 1.29 is 14.3 Å². The summed E-state index contributed by atoms with van der Waals surface area (Å²) in [6.45, 7) is 7.48. The topological polar surface area (TPSA) is 107 Å². The quantitative estimate of drug-likeness (QED) is 0.342. The predicted octanol–water partition coefficient (Wildman–Crippen LogP) is 4.88. The molecule has 39 heavy (non-hydrogen) atoms. The van der Waals surface area contributed by atoms with E-state index in [0.29, 0.717) is 18.7 Å². The molecule has 204 valence electrons. The van der Waals surface area contributed by atoms with E-state index in [2.05, 4.69) is 15.4 Å². The summed E-state index contributed by atoms with van der Waals surface area (Å²) < 4.78 is 9.43. The Morgan fingerprint density at radius 1 is 1.13 bits per heavy atom. The van der Waals surface area contributed by atoms with Crippen LogP contribution in [-0.2, 0) is 11.3 Å². The molecule has 0 radical (unpaired) electrons. The van der Waals surface area contributed by atoms with E-state index in [1.54, 1.807) is 28.0 Å². The molecule has 3 aromatic heterocycles. The lowest BCUT2D eigenvalue weighted by Crippen LogP contribution is -2.42. The van der Waals surface area contributed by atoms with Gasteiger partial charge in [0.1, 0.15) is 5.60 Å². The first kappa shape index (κ1) is 26.4. The number of hydrogen-bond donors (Lipinski definition) is 1. The van der Waals surface area contributed by atoms with Crippen molar-refractivity contribution in [2.45, 2.75) is 64.6 Å². The molecule has 1 saturated heterocycles. The van der Waals surface area contributed by atoms with Crippen LogP contribution in [-0.4, -0.2) is 59.7 Å². The second kappa shape index (κ2) is 11.3. The van der Waals surface area contributed by atoms with E-state index in [1.807, 2.05) is 67.9 Å². The number of rotatable bonds is 7. The minimum Gasteiger partial charge on any atom is -0.444 e. The number of nitrogens with zero attached hydrogens (tertiary/aromatic N) is 6. The Morgan fingerprint density at radius 3 is 2.69 bits per heavy atom. The molecule has 1 aliphatic heterocycles. The molecular weight excluding hydrogens is 494 g/mol. The van der Waals surface area contributed by atoms with Crippen molar-refractivity contribution in [3.05, 3.63) is 72.6 Å². The highest BCUT2D eigenvalue weighted by atomic mass is 16.6. The summed E-state index contributed by atoms with van der Waals surface area (Å²) in [5.74, 6) is -0.258. The molecule has 1 atom stereocenters. The first-order chi connectivity index (χ1) is 18.8. The third kappa shape index (κ3) is 6.27. The normalized spacial score (nSPS) is 15.9. The monoisotopic (exact) mass is 529 g/mol. The fraction of sp³-hybridized carbons (Fsp3) is 0.414. The molecule has 4 aromatic rings. The standard InChI is InChI=1S/C29H35N7O3/c1-29(2,3)39-28(38)35-16-8-7-12-24(35)25-18-22(21-10-5-4-6-11-21)32-26-19-23(33-36(25)26)27(37)31-13-9-15-34-17-14-30-20-34/h4-6,10-11,14,17-20,24H,7-9,12-13,15-16H2,1-3H3,(H,31,37). The minimum atomic E-state index is -0.601. The molecule has 2 amide bonds. The summed E-state index contributed by atoms with van der Waals surface area (Å²) in [5.41, 5.74) is 2.77. The van der Waals surface area contributed by atoms with Gasteiger partial charge in [0.25, 0.3) is 5.91 Å². The van der Waals surface area contributed by atoms with Gasteiger partial charge in [-0.15, -0.1) is 0 Å². The second-order valence-corrected chi connectivity index (χ2v) is 10.8. The van der Waals surface area contributed by atoms with Crippen molar-refractivity contribution in [3.63, 3.8) is 0 Å². The van der Waals surface area contributed by atoms with Crippen molar-refractivity contribution >= 4 is 17.6 Å². The average molecular weight is 530 g/mol. The van der Waals surface area contributed by atoms with Crippen molar-refractivity contribution in [2.24, 2.45) is 0 Å². The molecule has 0 aliphatic carbocycles. The maximum atomic E-state index is 13.2. The van der Waals surface area contributed by atoms with Gasteiger partial charge in [0.05, 0.1) is 23.8 Å². The van der Waals surface area contributed by atoms with Crippen LogP contribution in [0.25, 0.3) is 16.9 Å². The number of hydrogen-bond acceptors (Lipinski definition) is 6. The zero-order valence-corrected chi connectivity index (χ0v) is 22.7. The Labute approximate surface area is 228 Å². The molecule has 1 aromatic carbocycles. The summed E-state index contributed by atoms with van der Waals surface area (Å²) in [6, 6.07) is 13.3. The van der Waals surface area contributed by atoms with Gasteiger partial charge < -0.3 is 14.6 Å². The van der Waals surface area contributed by atoms with Gasteiger partial charge in [-0.2, -0.15) is 5.10 Å². The van der Waals surface area contributed by atoms with Gasteiger partial charge in [0.2, 0.25) is 0 Å². The van der Waals surface area contributed by atoms with Crippen LogP contribution in [0.2, 0.25) is 0 Å². The highest BCUT2D eigenvalue weighted by Gasteiger charge is 2.34. The number of imidazole rings is 1. The Balaban J connectivity index is 1.46. The van der Waals surface area contributed by atoms with Crippen LogP contribution in [0.15, 0.2) is 61.2 Å². The van der Waals surface area contributed by atoms with Gasteiger partial charge in [-0.05, 0) is 52.5 Å². The average Bonchev–Trinajstić information content (AvgIpc) is 3.60. The van der Waals surface area contributed by atoms with Crippen molar-refractivity contribution in [1.82, 2.24) is 34.4 Å². The van der Waals surface area contributed by atoms with Gasteiger partial charge >= 0.3 is 6.09 Å². The number of amides is 2. The Bertz CT molecular complexity index is 1420. The first-order valence-corrected chi connectivity index (χ1v) is 13.5. The highest BCUT2D eigenvalue weighted by molar-refractivity contribution is 5.93. The second-order valence-electron chi connectivity index (χ2n) is 10.8. The minimum absolute atomic E-state index is 0.257. The van der Waals surface area contributed by atoms with Crippen LogP contribution >= 0.6 is 0 Å². The van der Waals surface area contributed by atoms with E-state index < -0.39 is 5.60 Å². The predicted molar refractivity (Wildman–Crippen MR) is 147 cm³/mol. The number of carbonyl (C=O) groups excluding carboxylic acids is 2. The number of aryl methyl sites for hydroxylation is 1. The molecule has 1 aliphatic rings. The van der Waals surface area contributed by atoms with Crippen LogP contribution in [0.1, 0.15) is 68.7 Å². The van der Waals surface area contributed by atoms with Crippen LogP contribution < -0.4 is 5.32 Å². The lowest BCUT2D eigenvalue weighted by atomic mass is 9.98. The van der Waals surface area contributed by atoms with E-state index in [9.17, 15) is 9.59 Å². The number of fused-ring (bicyclic) bond motifs is 1. The number of carbonyl (C=O) groups is 2. The number of aromatic nitrogens is 5. The van der Waals surface area contributed by atoms with E-state index in [1.165, 1.54) is 0 Å². The molecule has 1 unspecified atom stereocenters. The summed E-state index contributed by atoms with van der Waals surface area (Å²) in [4.78, 5) is 36.9. The highest BCUT2D eigenvalue weighted by Crippen LogP contribution is 2.34. The Morgan fingerprint density at radius 2 is 1.95 bits per heavy atom. The number of nitrogens with one attached hydrogen (secondary N) is 1. The Hall–Kier alpha value is -4.21. The third-order valence-corrected chi connectivity index (χ3v) is 6.67. The van der Waals surface area contributed by atoms with Gasteiger partial charge in [-0.25, -0.2) is 19.3 Å². The first-order valence-electron chi connectivity index (χ1n) is 13.5. The van der Waals surface area contributed by atoms with Gasteiger partial charge in [0.15, 0.2) is 11.3 Å². The lowest BCUT2D eigenvalue weighted by molar-refractivity contribution is 0.00873. The summed E-state index contributed by atoms with van der Waals surface area (Å²) >= 11 is 0. The van der Waals surface area contributed by atoms with Crippen LogP contribution in [0.4, 0.5) is 4.79 Å². The lowest BCUT2D eigenvalue weighted by Gasteiger charge is -2.37. The summed E-state index contributed by atoms with van der Waals surface area (Å²) in [5, 5.41) is 7.63. The molecule has 0 spiro atoms. The van der Waals surface area contributed by atoms with Crippen molar-refractivity contribution in [1.29, 1.82) is 0 Å². The third-order valence-electron chi connectivity index (χ3n) is 6.67. The maximum absolute atomic E-state index is 13.2. The molecule has 10 nitrogen and oxygen atoms in total. The smallest absolute Gasteiger partial charge is 0.410 e. The summed E-state index contributed by atoms with van der Waals surface area (Å²) in [7, 11) is 0. The van der Waals surface area contributed by atoms with E-state index >= 15 is 0 Å². The molecule has 1 fully saturated rings. The maximum Gasteiger partial charge on any atom is 0.410 e. The van der Waals surface area contributed by atoms with E-state index in [0.717, 1.165) is 49.2 Å². The van der Waals surface area contributed by atoms with E-state index in [4.69, 9.17) is 9.72 Å². The molecular formula is C29H35N7O3. The molecule has 5 rings (SSSR count). The van der Waals surface area contributed by atoms with Gasteiger partial charge in [-0.3, -0.25) is 9.69 Å². The number of ether oxygens (including phenoxy) is 1. The van der Waals surface area contributed by atoms with Gasteiger partial charge in [0, 0.05) is 43.7 Å². The molecule has 0 saturated carbocycles. The van der Waals surface area contributed by atoms with Crippen LogP contribution in [0, 0.1) is 0 Å². The fourth-order valence-corrected chi connectivity index (χ4v) is 4.85. The zero-order chi connectivity index (χ0) is 27.4. The van der Waals surface area contributed by atoms with Crippen molar-refractivity contribution in [2.75, 3.05) is 13.1 Å². The summed E-state index contributed by atoms with van der Waals surface area (Å²) in [6.07, 6.45) is 8.45. The van der Waals surface area contributed by atoms with E-state index in [-0.39, 0.29) is 23.7 Å². The molecule has 10 heteroatoms. The number of piperidine rings is 1. The van der Waals surface area contributed by atoms with Crippen LogP contribution in [0.3, 0.4) is 0 Å². The Kier molecular flexibility index (Phi) is 7.63. The van der Waals surface area contributed by atoms with Gasteiger partial charge in [-0.1, -0.05) is 30.3 Å². The molecule has 4 heterocycles. The largest absolute Gasteiger partial charge is 0.444 e. The fourth-order valence-electron chi connectivity index (χ4n) is 4.85. The zero-order valence-electron chi connectivity index (χ0n) is 22.7.